The molecule has 0 atom stereocenters. The van der Waals surface area contributed by atoms with Crippen LogP contribution in [0, 0.1) is 11.3 Å². The second kappa shape index (κ2) is 5.70. The van der Waals surface area contributed by atoms with Gasteiger partial charge in [0.25, 0.3) is 0 Å². The van der Waals surface area contributed by atoms with Crippen molar-refractivity contribution < 1.29 is 0 Å². The van der Waals surface area contributed by atoms with Crippen molar-refractivity contribution in [2.24, 2.45) is 0 Å². The first kappa shape index (κ1) is 13.2. The molecule has 0 saturated carbocycles. The monoisotopic (exact) mass is 304 g/mol. The SMILES string of the molecule is N#Cc1c(Cl)cccc1N1CCN(c2nccs2)CC1. The Morgan fingerprint density at radius 1 is 1.20 bits per heavy atom. The fourth-order valence-corrected chi connectivity index (χ4v) is 3.31. The smallest absolute Gasteiger partial charge is 0.185 e. The van der Waals surface area contributed by atoms with Gasteiger partial charge in [-0.15, -0.1) is 11.3 Å². The quantitative estimate of drug-likeness (QED) is 0.855. The van der Waals surface area contributed by atoms with Crippen LogP contribution in [0.15, 0.2) is 29.8 Å². The maximum Gasteiger partial charge on any atom is 0.185 e. The van der Waals surface area contributed by atoms with E-state index in [1.54, 1.807) is 17.4 Å². The topological polar surface area (TPSA) is 43.2 Å². The van der Waals surface area contributed by atoms with Crippen LogP contribution in [-0.2, 0) is 0 Å². The number of piperazine rings is 1. The Kier molecular flexibility index (Phi) is 3.77. The maximum absolute atomic E-state index is 9.25. The first-order valence-electron chi connectivity index (χ1n) is 6.37. The number of hydrogen-bond donors (Lipinski definition) is 0. The molecular formula is C14H13ClN4S. The summed E-state index contributed by atoms with van der Waals surface area (Å²) in [4.78, 5) is 8.83. The van der Waals surface area contributed by atoms with Crippen molar-refractivity contribution in [3.8, 4) is 6.07 Å². The molecule has 102 valence electrons. The van der Waals surface area contributed by atoms with Crippen molar-refractivity contribution in [1.82, 2.24) is 4.98 Å². The van der Waals surface area contributed by atoms with Gasteiger partial charge in [-0.25, -0.2) is 4.98 Å². The third-order valence-corrected chi connectivity index (χ3v) is 4.56. The highest BCUT2D eigenvalue weighted by Gasteiger charge is 2.21. The molecule has 1 aromatic heterocycles. The predicted octanol–water partition coefficient (Wildman–Crippen LogP) is 2.99. The number of nitrogens with zero attached hydrogens (tertiary/aromatic N) is 4. The van der Waals surface area contributed by atoms with E-state index in [2.05, 4.69) is 20.9 Å². The molecule has 2 aromatic rings. The lowest BCUT2D eigenvalue weighted by molar-refractivity contribution is 0.651. The van der Waals surface area contributed by atoms with E-state index in [9.17, 15) is 5.26 Å². The van der Waals surface area contributed by atoms with Gasteiger partial charge in [-0.2, -0.15) is 5.26 Å². The first-order chi connectivity index (χ1) is 9.79. The molecular weight excluding hydrogens is 292 g/mol. The number of nitriles is 1. The van der Waals surface area contributed by atoms with E-state index in [-0.39, 0.29) is 0 Å². The standard InChI is InChI=1S/C14H13ClN4S/c15-12-2-1-3-13(11(12)10-16)18-5-7-19(8-6-18)14-17-4-9-20-14/h1-4,9H,5-8H2. The number of benzene rings is 1. The predicted molar refractivity (Wildman–Crippen MR) is 82.7 cm³/mol. The molecule has 1 aromatic carbocycles. The van der Waals surface area contributed by atoms with Crippen LogP contribution in [0.5, 0.6) is 0 Å². The Morgan fingerprint density at radius 2 is 1.95 bits per heavy atom. The number of hydrogen-bond acceptors (Lipinski definition) is 5. The fourth-order valence-electron chi connectivity index (χ4n) is 2.40. The molecule has 0 N–H and O–H groups in total. The van der Waals surface area contributed by atoms with Gasteiger partial charge in [0.05, 0.1) is 16.3 Å². The molecule has 1 saturated heterocycles. The summed E-state index contributed by atoms with van der Waals surface area (Å²) >= 11 is 7.75. The van der Waals surface area contributed by atoms with Crippen LogP contribution in [0.25, 0.3) is 0 Å². The normalized spacial score (nSPS) is 15.2. The zero-order chi connectivity index (χ0) is 13.9. The van der Waals surface area contributed by atoms with E-state index in [0.717, 1.165) is 37.0 Å². The Labute approximate surface area is 126 Å². The maximum atomic E-state index is 9.25. The van der Waals surface area contributed by atoms with E-state index in [1.807, 2.05) is 23.7 Å². The number of thiazole rings is 1. The summed E-state index contributed by atoms with van der Waals surface area (Å²) in [6.45, 7) is 3.55. The van der Waals surface area contributed by atoms with Crippen molar-refractivity contribution in [2.45, 2.75) is 0 Å². The van der Waals surface area contributed by atoms with E-state index < -0.39 is 0 Å². The van der Waals surface area contributed by atoms with Crippen LogP contribution < -0.4 is 9.80 Å². The second-order valence-corrected chi connectivity index (χ2v) is 5.81. The molecule has 0 spiro atoms. The van der Waals surface area contributed by atoms with E-state index in [0.29, 0.717) is 10.6 Å². The molecule has 0 aliphatic carbocycles. The van der Waals surface area contributed by atoms with Gasteiger partial charge in [0.2, 0.25) is 0 Å². The van der Waals surface area contributed by atoms with E-state index in [1.165, 1.54) is 0 Å². The molecule has 20 heavy (non-hydrogen) atoms. The van der Waals surface area contributed by atoms with Crippen LogP contribution in [-0.4, -0.2) is 31.2 Å². The van der Waals surface area contributed by atoms with Crippen LogP contribution >= 0.6 is 22.9 Å². The summed E-state index contributed by atoms with van der Waals surface area (Å²) in [5.74, 6) is 0. The molecule has 4 nitrogen and oxygen atoms in total. The summed E-state index contributed by atoms with van der Waals surface area (Å²) in [6.07, 6.45) is 1.83. The Balaban J connectivity index is 1.76. The third-order valence-electron chi connectivity index (χ3n) is 3.41. The van der Waals surface area contributed by atoms with Crippen molar-refractivity contribution in [3.05, 3.63) is 40.4 Å². The van der Waals surface area contributed by atoms with Crippen LogP contribution in [0.3, 0.4) is 0 Å². The van der Waals surface area contributed by atoms with Crippen molar-refractivity contribution in [1.29, 1.82) is 5.26 Å². The van der Waals surface area contributed by atoms with Gasteiger partial charge in [0, 0.05) is 37.8 Å². The summed E-state index contributed by atoms with van der Waals surface area (Å²) < 4.78 is 0. The molecule has 1 aliphatic rings. The minimum Gasteiger partial charge on any atom is -0.367 e. The van der Waals surface area contributed by atoms with Crippen LogP contribution in [0.2, 0.25) is 5.02 Å². The number of anilines is 2. The molecule has 1 fully saturated rings. The summed E-state index contributed by atoms with van der Waals surface area (Å²) in [6, 6.07) is 7.82. The molecule has 0 bridgehead atoms. The lowest BCUT2D eigenvalue weighted by Gasteiger charge is -2.36. The van der Waals surface area contributed by atoms with Crippen LogP contribution in [0.4, 0.5) is 10.8 Å². The molecule has 1 aliphatic heterocycles. The lowest BCUT2D eigenvalue weighted by Crippen LogP contribution is -2.46. The molecule has 3 rings (SSSR count). The zero-order valence-corrected chi connectivity index (χ0v) is 12.4. The number of rotatable bonds is 2. The largest absolute Gasteiger partial charge is 0.367 e. The third kappa shape index (κ3) is 2.45. The van der Waals surface area contributed by atoms with Crippen molar-refractivity contribution >= 4 is 33.8 Å². The molecule has 6 heteroatoms. The highest BCUT2D eigenvalue weighted by Crippen LogP contribution is 2.28. The minimum atomic E-state index is 0.521. The lowest BCUT2D eigenvalue weighted by atomic mass is 10.1. The highest BCUT2D eigenvalue weighted by atomic mass is 35.5. The van der Waals surface area contributed by atoms with Gasteiger partial charge < -0.3 is 9.80 Å². The fraction of sp³-hybridized carbons (Fsp3) is 0.286. The minimum absolute atomic E-state index is 0.521. The molecule has 0 unspecified atom stereocenters. The van der Waals surface area contributed by atoms with Gasteiger partial charge >= 0.3 is 0 Å². The molecule has 0 radical (unpaired) electrons. The van der Waals surface area contributed by atoms with Crippen molar-refractivity contribution in [2.75, 3.05) is 36.0 Å². The number of halogens is 1. The summed E-state index contributed by atoms with van der Waals surface area (Å²) in [7, 11) is 0. The first-order valence-corrected chi connectivity index (χ1v) is 7.63. The Hall–Kier alpha value is -1.77. The molecule has 2 heterocycles. The molecule has 0 amide bonds. The average Bonchev–Trinajstić information content (AvgIpc) is 3.01. The Morgan fingerprint density at radius 3 is 2.60 bits per heavy atom. The summed E-state index contributed by atoms with van der Waals surface area (Å²) in [5.41, 5.74) is 1.50. The second-order valence-electron chi connectivity index (χ2n) is 4.53. The van der Waals surface area contributed by atoms with E-state index >= 15 is 0 Å². The van der Waals surface area contributed by atoms with Crippen LogP contribution in [0.1, 0.15) is 5.56 Å². The van der Waals surface area contributed by atoms with Gasteiger partial charge in [0.15, 0.2) is 5.13 Å². The summed E-state index contributed by atoms with van der Waals surface area (Å²) in [5, 5.41) is 12.8. The highest BCUT2D eigenvalue weighted by molar-refractivity contribution is 7.13. The van der Waals surface area contributed by atoms with Gasteiger partial charge in [-0.05, 0) is 12.1 Å². The zero-order valence-electron chi connectivity index (χ0n) is 10.8. The van der Waals surface area contributed by atoms with Crippen molar-refractivity contribution in [3.63, 3.8) is 0 Å². The number of aromatic nitrogens is 1. The van der Waals surface area contributed by atoms with Gasteiger partial charge in [0.1, 0.15) is 6.07 Å². The average molecular weight is 305 g/mol. The van der Waals surface area contributed by atoms with Gasteiger partial charge in [-0.1, -0.05) is 17.7 Å². The Bertz CT molecular complexity index is 627. The van der Waals surface area contributed by atoms with E-state index in [4.69, 9.17) is 11.6 Å². The van der Waals surface area contributed by atoms with Gasteiger partial charge in [-0.3, -0.25) is 0 Å².